The van der Waals surface area contributed by atoms with Crippen molar-refractivity contribution in [2.75, 3.05) is 26.4 Å². The lowest BCUT2D eigenvalue weighted by atomic mass is 9.91. The van der Waals surface area contributed by atoms with E-state index >= 15 is 0 Å². The molecule has 1 atom stereocenters. The fourth-order valence-corrected chi connectivity index (χ4v) is 3.19. The third-order valence-corrected chi connectivity index (χ3v) is 4.88. The molecule has 0 bridgehead atoms. The van der Waals surface area contributed by atoms with Gasteiger partial charge in [-0.25, -0.2) is 4.79 Å². The molecule has 2 aliphatic heterocycles. The zero-order valence-corrected chi connectivity index (χ0v) is 14.2. The highest BCUT2D eigenvalue weighted by Gasteiger charge is 2.30. The van der Waals surface area contributed by atoms with Gasteiger partial charge in [-0.2, -0.15) is 0 Å². The van der Waals surface area contributed by atoms with Crippen LogP contribution in [0.2, 0.25) is 0 Å². The van der Waals surface area contributed by atoms with Crippen LogP contribution in [0.15, 0.2) is 24.3 Å². The minimum Gasteiger partial charge on any atom is -0.491 e. The molecule has 24 heavy (non-hydrogen) atoms. The summed E-state index contributed by atoms with van der Waals surface area (Å²) < 4.78 is 11.1. The molecule has 0 spiro atoms. The second-order valence-corrected chi connectivity index (χ2v) is 6.71. The number of aliphatic hydroxyl groups is 1. The van der Waals surface area contributed by atoms with Gasteiger partial charge in [-0.15, -0.1) is 0 Å². The summed E-state index contributed by atoms with van der Waals surface area (Å²) in [6.07, 6.45) is 1.81. The molecular formula is C18H26N2O4. The van der Waals surface area contributed by atoms with Crippen molar-refractivity contribution >= 4 is 6.03 Å². The quantitative estimate of drug-likeness (QED) is 0.886. The van der Waals surface area contributed by atoms with E-state index in [1.54, 1.807) is 4.90 Å². The van der Waals surface area contributed by atoms with Crippen LogP contribution >= 0.6 is 0 Å². The highest BCUT2D eigenvalue weighted by molar-refractivity contribution is 5.74. The fourth-order valence-electron chi connectivity index (χ4n) is 3.19. The molecule has 3 rings (SSSR count). The third kappa shape index (κ3) is 3.99. The summed E-state index contributed by atoms with van der Waals surface area (Å²) in [4.78, 5) is 14.4. The number of nitrogens with one attached hydrogen (secondary N) is 1. The van der Waals surface area contributed by atoms with Crippen molar-refractivity contribution in [2.24, 2.45) is 0 Å². The van der Waals surface area contributed by atoms with E-state index in [2.05, 4.69) is 5.32 Å². The van der Waals surface area contributed by atoms with Crippen LogP contribution in [0.4, 0.5) is 4.79 Å². The maximum Gasteiger partial charge on any atom is 0.318 e. The molecule has 2 heterocycles. The Hall–Kier alpha value is -1.79. The largest absolute Gasteiger partial charge is 0.491 e. The number of carbonyl (C=O) groups excluding carboxylic acids is 1. The number of fused-ring (bicyclic) bond motifs is 1. The lowest BCUT2D eigenvalue weighted by Crippen LogP contribution is -2.47. The van der Waals surface area contributed by atoms with Crippen molar-refractivity contribution in [3.8, 4) is 5.75 Å². The first kappa shape index (κ1) is 17.0. The van der Waals surface area contributed by atoms with Crippen LogP contribution in [0, 0.1) is 0 Å². The van der Waals surface area contributed by atoms with Gasteiger partial charge in [0, 0.05) is 25.3 Å². The van der Waals surface area contributed by atoms with Crippen molar-refractivity contribution in [3.63, 3.8) is 0 Å². The minimum atomic E-state index is -0.717. The Morgan fingerprint density at radius 2 is 2.12 bits per heavy atom. The SMILES string of the molecule is CC1COc2ccccc2CN1C(=O)NCCC1(O)CCOCC1. The van der Waals surface area contributed by atoms with Crippen LogP contribution in [0.3, 0.4) is 0 Å². The molecule has 132 valence electrons. The molecule has 0 radical (unpaired) electrons. The number of carbonyl (C=O) groups is 1. The number of rotatable bonds is 3. The number of amides is 2. The molecule has 2 N–H and O–H groups in total. The highest BCUT2D eigenvalue weighted by Crippen LogP contribution is 2.25. The lowest BCUT2D eigenvalue weighted by Gasteiger charge is -2.32. The van der Waals surface area contributed by atoms with Gasteiger partial charge in [0.05, 0.1) is 18.2 Å². The average Bonchev–Trinajstić information content (AvgIpc) is 2.75. The monoisotopic (exact) mass is 334 g/mol. The molecule has 1 aromatic rings. The molecule has 1 aromatic carbocycles. The molecular weight excluding hydrogens is 308 g/mol. The van der Waals surface area contributed by atoms with Crippen molar-refractivity contribution < 1.29 is 19.4 Å². The topological polar surface area (TPSA) is 71.0 Å². The van der Waals surface area contributed by atoms with E-state index < -0.39 is 5.60 Å². The fraction of sp³-hybridized carbons (Fsp3) is 0.611. The molecule has 0 aliphatic carbocycles. The first-order chi connectivity index (χ1) is 11.6. The molecule has 1 fully saturated rings. The normalized spacial score (nSPS) is 22.9. The van der Waals surface area contributed by atoms with Crippen molar-refractivity contribution in [1.82, 2.24) is 10.2 Å². The summed E-state index contributed by atoms with van der Waals surface area (Å²) in [6.45, 7) is 4.62. The van der Waals surface area contributed by atoms with Crippen molar-refractivity contribution in [1.29, 1.82) is 0 Å². The van der Waals surface area contributed by atoms with Crippen LogP contribution < -0.4 is 10.1 Å². The van der Waals surface area contributed by atoms with Crippen LogP contribution in [0.1, 0.15) is 31.7 Å². The number of para-hydroxylation sites is 1. The summed E-state index contributed by atoms with van der Waals surface area (Å²) in [5.41, 5.74) is 0.297. The van der Waals surface area contributed by atoms with Gasteiger partial charge in [-0.3, -0.25) is 0 Å². The van der Waals surface area contributed by atoms with Gasteiger partial charge in [0.15, 0.2) is 0 Å². The summed E-state index contributed by atoms with van der Waals surface area (Å²) in [7, 11) is 0. The van der Waals surface area contributed by atoms with Crippen LogP contribution in [-0.4, -0.2) is 54.0 Å². The van der Waals surface area contributed by atoms with Gasteiger partial charge in [0.2, 0.25) is 0 Å². The molecule has 6 heteroatoms. The Labute approximate surface area is 142 Å². The Bertz CT molecular complexity index is 572. The van der Waals surface area contributed by atoms with E-state index in [1.807, 2.05) is 31.2 Å². The second-order valence-electron chi connectivity index (χ2n) is 6.71. The van der Waals surface area contributed by atoms with Gasteiger partial charge < -0.3 is 24.8 Å². The van der Waals surface area contributed by atoms with Crippen LogP contribution in [0.25, 0.3) is 0 Å². The molecule has 1 unspecified atom stereocenters. The second kappa shape index (κ2) is 7.40. The predicted molar refractivity (Wildman–Crippen MR) is 90.0 cm³/mol. The summed E-state index contributed by atoms with van der Waals surface area (Å²) in [5.74, 6) is 0.844. The summed E-state index contributed by atoms with van der Waals surface area (Å²) in [6, 6.07) is 7.69. The van der Waals surface area contributed by atoms with Crippen molar-refractivity contribution in [3.05, 3.63) is 29.8 Å². The Morgan fingerprint density at radius 3 is 2.92 bits per heavy atom. The van der Waals surface area contributed by atoms with Gasteiger partial charge in [0.1, 0.15) is 12.4 Å². The number of hydrogen-bond acceptors (Lipinski definition) is 4. The predicted octanol–water partition coefficient (Wildman–Crippen LogP) is 1.91. The lowest BCUT2D eigenvalue weighted by molar-refractivity contribution is -0.0670. The van der Waals surface area contributed by atoms with Gasteiger partial charge in [-0.1, -0.05) is 18.2 Å². The molecule has 0 aromatic heterocycles. The Kier molecular flexibility index (Phi) is 5.26. The zero-order chi connectivity index (χ0) is 17.0. The van der Waals surface area contributed by atoms with Crippen molar-refractivity contribution in [2.45, 2.75) is 44.4 Å². The number of hydrogen-bond donors (Lipinski definition) is 2. The number of urea groups is 1. The number of nitrogens with zero attached hydrogens (tertiary/aromatic N) is 1. The van der Waals surface area contributed by atoms with Gasteiger partial charge >= 0.3 is 6.03 Å². The van der Waals surface area contributed by atoms with Crippen LogP contribution in [-0.2, 0) is 11.3 Å². The average molecular weight is 334 g/mol. The first-order valence-corrected chi connectivity index (χ1v) is 8.63. The smallest absolute Gasteiger partial charge is 0.318 e. The van der Waals surface area contributed by atoms with Gasteiger partial charge in [0.25, 0.3) is 0 Å². The van der Waals surface area contributed by atoms with E-state index in [-0.39, 0.29) is 12.1 Å². The van der Waals surface area contributed by atoms with E-state index in [1.165, 1.54) is 0 Å². The molecule has 2 aliphatic rings. The maximum atomic E-state index is 12.6. The Morgan fingerprint density at radius 1 is 1.38 bits per heavy atom. The van der Waals surface area contributed by atoms with E-state index in [9.17, 15) is 9.90 Å². The molecule has 1 saturated heterocycles. The number of ether oxygens (including phenoxy) is 2. The summed E-state index contributed by atoms with van der Waals surface area (Å²) in [5, 5.41) is 13.4. The molecule has 2 amide bonds. The third-order valence-electron chi connectivity index (χ3n) is 4.88. The van der Waals surface area contributed by atoms with E-state index in [4.69, 9.17) is 9.47 Å². The van der Waals surface area contributed by atoms with E-state index in [0.29, 0.717) is 52.2 Å². The van der Waals surface area contributed by atoms with Crippen LogP contribution in [0.5, 0.6) is 5.75 Å². The standard InChI is InChI=1S/C18H26N2O4/c1-14-13-24-16-5-3-2-4-15(16)12-20(14)17(21)19-9-6-18(22)7-10-23-11-8-18/h2-5,14,22H,6-13H2,1H3,(H,19,21). The number of benzene rings is 1. The minimum absolute atomic E-state index is 0.0106. The van der Waals surface area contributed by atoms with E-state index in [0.717, 1.165) is 11.3 Å². The molecule has 6 nitrogen and oxygen atoms in total. The zero-order valence-electron chi connectivity index (χ0n) is 14.2. The summed E-state index contributed by atoms with van der Waals surface area (Å²) >= 11 is 0. The maximum absolute atomic E-state index is 12.6. The first-order valence-electron chi connectivity index (χ1n) is 8.63. The van der Waals surface area contributed by atoms with Gasteiger partial charge in [-0.05, 0) is 32.3 Å². The molecule has 0 saturated carbocycles. The highest BCUT2D eigenvalue weighted by atomic mass is 16.5. The Balaban J connectivity index is 1.55.